The zero-order valence-corrected chi connectivity index (χ0v) is 7.25. The van der Waals surface area contributed by atoms with Crippen LogP contribution in [0.5, 0.6) is 0 Å². The van der Waals surface area contributed by atoms with Gasteiger partial charge in [0.2, 0.25) is 5.91 Å². The van der Waals surface area contributed by atoms with E-state index in [1.165, 1.54) is 12.1 Å². The fourth-order valence-electron chi connectivity index (χ4n) is 0.880. The van der Waals surface area contributed by atoms with Crippen molar-refractivity contribution in [2.45, 2.75) is 6.92 Å². The Morgan fingerprint density at radius 1 is 1.38 bits per heavy atom. The van der Waals surface area contributed by atoms with E-state index >= 15 is 0 Å². The van der Waals surface area contributed by atoms with Crippen molar-refractivity contribution in [1.29, 1.82) is 0 Å². The van der Waals surface area contributed by atoms with Gasteiger partial charge in [0.25, 0.3) is 0 Å². The molecule has 2 N–H and O–H groups in total. The van der Waals surface area contributed by atoms with Crippen molar-refractivity contribution in [3.8, 4) is 0 Å². The molecule has 1 amide bonds. The molecule has 1 aromatic carbocycles. The van der Waals surface area contributed by atoms with Crippen LogP contribution < -0.4 is 5.73 Å². The van der Waals surface area contributed by atoms with E-state index in [2.05, 4.69) is 0 Å². The molecule has 0 unspecified atom stereocenters. The van der Waals surface area contributed by atoms with Crippen LogP contribution in [-0.2, 0) is 4.79 Å². The smallest absolute Gasteiger partial charge is 0.244 e. The van der Waals surface area contributed by atoms with Crippen LogP contribution in [0.3, 0.4) is 0 Å². The Morgan fingerprint density at radius 2 is 1.92 bits per heavy atom. The summed E-state index contributed by atoms with van der Waals surface area (Å²) in [6.07, 6.45) is 1.61. The zero-order chi connectivity index (χ0) is 9.84. The quantitative estimate of drug-likeness (QED) is 0.690. The maximum atomic E-state index is 12.5. The first-order chi connectivity index (χ1) is 6.09. The molecular formula is C10H10FNO. The molecule has 0 bridgehead atoms. The van der Waals surface area contributed by atoms with E-state index in [1.807, 2.05) is 0 Å². The second-order valence-electron chi connectivity index (χ2n) is 2.74. The molecule has 68 valence electrons. The van der Waals surface area contributed by atoms with Crippen molar-refractivity contribution in [3.05, 3.63) is 41.2 Å². The lowest BCUT2D eigenvalue weighted by Crippen LogP contribution is -2.11. The number of hydrogen-bond donors (Lipinski definition) is 1. The average molecular weight is 179 g/mol. The van der Waals surface area contributed by atoms with Crippen LogP contribution in [0.1, 0.15) is 12.5 Å². The Hall–Kier alpha value is -1.64. The lowest BCUT2D eigenvalue weighted by Gasteiger charge is -1.95. The summed E-state index contributed by atoms with van der Waals surface area (Å²) in [4.78, 5) is 10.7. The van der Waals surface area contributed by atoms with Gasteiger partial charge in [-0.05, 0) is 30.7 Å². The molecule has 2 nitrogen and oxygen atoms in total. The SMILES string of the molecule is C/C(=C/c1ccc(F)cc1)C(N)=O. The van der Waals surface area contributed by atoms with Gasteiger partial charge in [-0.15, -0.1) is 0 Å². The molecule has 0 aromatic heterocycles. The van der Waals surface area contributed by atoms with Gasteiger partial charge in [0.05, 0.1) is 0 Å². The Kier molecular flexibility index (Phi) is 2.80. The molecule has 0 heterocycles. The molecule has 0 fully saturated rings. The van der Waals surface area contributed by atoms with Crippen molar-refractivity contribution in [2.24, 2.45) is 5.73 Å². The summed E-state index contributed by atoms with van der Waals surface area (Å²) >= 11 is 0. The Labute approximate surface area is 75.9 Å². The number of hydrogen-bond acceptors (Lipinski definition) is 1. The van der Waals surface area contributed by atoms with Crippen LogP contribution in [0.25, 0.3) is 6.08 Å². The number of rotatable bonds is 2. The van der Waals surface area contributed by atoms with Gasteiger partial charge in [-0.3, -0.25) is 4.79 Å². The number of benzene rings is 1. The van der Waals surface area contributed by atoms with Crippen LogP contribution in [0.2, 0.25) is 0 Å². The Morgan fingerprint density at radius 3 is 2.38 bits per heavy atom. The normalized spacial score (nSPS) is 11.4. The van der Waals surface area contributed by atoms with E-state index < -0.39 is 5.91 Å². The summed E-state index contributed by atoms with van der Waals surface area (Å²) in [6.45, 7) is 1.62. The second kappa shape index (κ2) is 3.85. The van der Waals surface area contributed by atoms with E-state index in [1.54, 1.807) is 25.1 Å². The van der Waals surface area contributed by atoms with Crippen molar-refractivity contribution >= 4 is 12.0 Å². The summed E-state index contributed by atoms with van der Waals surface area (Å²) in [7, 11) is 0. The third kappa shape index (κ3) is 2.71. The molecule has 0 aliphatic rings. The molecule has 0 atom stereocenters. The Bertz CT molecular complexity index is 340. The summed E-state index contributed by atoms with van der Waals surface area (Å²) in [6, 6.07) is 5.84. The standard InChI is InChI=1S/C10H10FNO/c1-7(10(12)13)6-8-2-4-9(11)5-3-8/h2-6H,1H3,(H2,12,13)/b7-6-. The van der Waals surface area contributed by atoms with Gasteiger partial charge >= 0.3 is 0 Å². The van der Waals surface area contributed by atoms with E-state index in [-0.39, 0.29) is 5.82 Å². The van der Waals surface area contributed by atoms with E-state index in [4.69, 9.17) is 5.73 Å². The molecule has 0 saturated carbocycles. The molecule has 13 heavy (non-hydrogen) atoms. The largest absolute Gasteiger partial charge is 0.366 e. The second-order valence-corrected chi connectivity index (χ2v) is 2.74. The highest BCUT2D eigenvalue weighted by Crippen LogP contribution is 2.07. The lowest BCUT2D eigenvalue weighted by molar-refractivity contribution is -0.114. The zero-order valence-electron chi connectivity index (χ0n) is 7.25. The lowest BCUT2D eigenvalue weighted by atomic mass is 10.1. The maximum absolute atomic E-state index is 12.5. The predicted octanol–water partition coefficient (Wildman–Crippen LogP) is 1.71. The highest BCUT2D eigenvalue weighted by Gasteiger charge is 1.97. The number of carbonyl (C=O) groups is 1. The number of nitrogens with two attached hydrogens (primary N) is 1. The Balaban J connectivity index is 2.92. The molecule has 0 saturated heterocycles. The minimum atomic E-state index is -0.468. The number of primary amides is 1. The number of carbonyl (C=O) groups excluding carboxylic acids is 1. The maximum Gasteiger partial charge on any atom is 0.244 e. The first kappa shape index (κ1) is 9.45. The van der Waals surface area contributed by atoms with Gasteiger partial charge < -0.3 is 5.73 Å². The molecule has 1 rings (SSSR count). The van der Waals surface area contributed by atoms with Crippen molar-refractivity contribution in [3.63, 3.8) is 0 Å². The monoisotopic (exact) mass is 179 g/mol. The van der Waals surface area contributed by atoms with Gasteiger partial charge in [-0.25, -0.2) is 4.39 Å². The van der Waals surface area contributed by atoms with Crippen LogP contribution in [0, 0.1) is 5.82 Å². The summed E-state index contributed by atoms with van der Waals surface area (Å²) in [5.41, 5.74) is 6.24. The minimum absolute atomic E-state index is 0.297. The van der Waals surface area contributed by atoms with Gasteiger partial charge in [-0.1, -0.05) is 12.1 Å². The first-order valence-corrected chi connectivity index (χ1v) is 3.83. The molecule has 1 aromatic rings. The van der Waals surface area contributed by atoms with Gasteiger partial charge in [0.1, 0.15) is 5.82 Å². The molecule has 0 spiro atoms. The number of halogens is 1. The molecule has 0 aliphatic heterocycles. The van der Waals surface area contributed by atoms with Crippen molar-refractivity contribution in [1.82, 2.24) is 0 Å². The van der Waals surface area contributed by atoms with E-state index in [9.17, 15) is 9.18 Å². The fourth-order valence-corrected chi connectivity index (χ4v) is 0.880. The van der Waals surface area contributed by atoms with Crippen LogP contribution in [0.15, 0.2) is 29.8 Å². The van der Waals surface area contributed by atoms with Crippen molar-refractivity contribution in [2.75, 3.05) is 0 Å². The average Bonchev–Trinajstić information content (AvgIpc) is 2.08. The number of amides is 1. The molecule has 0 radical (unpaired) electrons. The summed E-state index contributed by atoms with van der Waals surface area (Å²) in [5.74, 6) is -0.766. The molecule has 0 aliphatic carbocycles. The van der Waals surface area contributed by atoms with Gasteiger partial charge in [0, 0.05) is 5.57 Å². The third-order valence-corrected chi connectivity index (χ3v) is 1.64. The highest BCUT2D eigenvalue weighted by molar-refractivity contribution is 5.95. The van der Waals surface area contributed by atoms with Gasteiger partial charge in [-0.2, -0.15) is 0 Å². The fraction of sp³-hybridized carbons (Fsp3) is 0.100. The van der Waals surface area contributed by atoms with E-state index in [0.717, 1.165) is 5.56 Å². The van der Waals surface area contributed by atoms with Crippen LogP contribution in [-0.4, -0.2) is 5.91 Å². The first-order valence-electron chi connectivity index (χ1n) is 3.83. The van der Waals surface area contributed by atoms with Crippen molar-refractivity contribution < 1.29 is 9.18 Å². The predicted molar refractivity (Wildman–Crippen MR) is 49.2 cm³/mol. The minimum Gasteiger partial charge on any atom is -0.366 e. The molecule has 3 heteroatoms. The van der Waals surface area contributed by atoms with Crippen LogP contribution in [0.4, 0.5) is 4.39 Å². The van der Waals surface area contributed by atoms with Gasteiger partial charge in [0.15, 0.2) is 0 Å². The van der Waals surface area contributed by atoms with E-state index in [0.29, 0.717) is 5.57 Å². The third-order valence-electron chi connectivity index (χ3n) is 1.64. The van der Waals surface area contributed by atoms with Crippen LogP contribution >= 0.6 is 0 Å². The highest BCUT2D eigenvalue weighted by atomic mass is 19.1. The summed E-state index contributed by atoms with van der Waals surface area (Å²) in [5, 5.41) is 0. The summed E-state index contributed by atoms with van der Waals surface area (Å²) < 4.78 is 12.5. The molecular weight excluding hydrogens is 169 g/mol. The topological polar surface area (TPSA) is 43.1 Å².